The number of rotatable bonds is 4. The molecule has 2 aliphatic rings. The molecular weight excluding hydrogens is 415 g/mol. The number of amides is 2. The molecule has 158 valence electrons. The highest BCUT2D eigenvalue weighted by Crippen LogP contribution is 2.23. The maximum atomic E-state index is 13.5. The van der Waals surface area contributed by atoms with Gasteiger partial charge in [-0.05, 0) is 42.0 Å². The molecule has 4 N–H and O–H groups in total. The molecule has 8 nitrogen and oxygen atoms in total. The van der Waals surface area contributed by atoms with Crippen molar-refractivity contribution in [1.82, 2.24) is 5.32 Å². The number of fused-ring (bicyclic) bond motifs is 1. The van der Waals surface area contributed by atoms with E-state index < -0.39 is 29.8 Å². The summed E-state index contributed by atoms with van der Waals surface area (Å²) in [4.78, 5) is 26.5. The van der Waals surface area contributed by atoms with E-state index in [0.717, 1.165) is 11.1 Å². The maximum absolute atomic E-state index is 13.5. The zero-order valence-electron chi connectivity index (χ0n) is 15.7. The highest BCUT2D eigenvalue weighted by molar-refractivity contribution is 6.04. The van der Waals surface area contributed by atoms with Crippen LogP contribution in [0.15, 0.2) is 42.5 Å². The molecule has 1 fully saturated rings. The van der Waals surface area contributed by atoms with E-state index in [9.17, 15) is 19.1 Å². The van der Waals surface area contributed by atoms with E-state index in [1.54, 1.807) is 24.3 Å². The molecule has 0 unspecified atom stereocenters. The Morgan fingerprint density at radius 2 is 2.13 bits per heavy atom. The average molecular weight is 435 g/mol. The molecule has 0 aromatic heterocycles. The van der Waals surface area contributed by atoms with Gasteiger partial charge in [-0.3, -0.25) is 15.0 Å². The fourth-order valence-electron chi connectivity index (χ4n) is 3.43. The number of morpholine rings is 1. The molecule has 0 radical (unpaired) electrons. The van der Waals surface area contributed by atoms with Crippen LogP contribution in [0.2, 0.25) is 0 Å². The molecule has 0 aliphatic carbocycles. The van der Waals surface area contributed by atoms with Crippen molar-refractivity contribution in [2.75, 3.05) is 23.4 Å². The van der Waals surface area contributed by atoms with Crippen molar-refractivity contribution in [3.8, 4) is 0 Å². The number of carbonyl (C=O) groups excluding carboxylic acids is 2. The Hall–Kier alpha value is -3.01. The van der Waals surface area contributed by atoms with Crippen molar-refractivity contribution < 1.29 is 23.8 Å². The standard InChI is InChI=1S/C20H19FN4O4.ClH/c21-12-2-1-3-14(9-12)25-6-7-29-17(20(25)28)16(26)19(27)24-13-4-5-15-11(8-13)10-23-18(15)22;/h1-5,8-9,16-17,26H,6-7,10H2,(H2,22,23)(H,24,27);1H/t16-,17-;/m1./s1. The lowest BCUT2D eigenvalue weighted by Gasteiger charge is -2.34. The van der Waals surface area contributed by atoms with Crippen LogP contribution in [0.25, 0.3) is 0 Å². The van der Waals surface area contributed by atoms with Gasteiger partial charge in [0.1, 0.15) is 11.7 Å². The molecule has 2 aromatic rings. The fourth-order valence-corrected chi connectivity index (χ4v) is 3.43. The molecule has 30 heavy (non-hydrogen) atoms. The summed E-state index contributed by atoms with van der Waals surface area (Å²) in [5.74, 6) is -1.58. The van der Waals surface area contributed by atoms with E-state index in [4.69, 9.17) is 10.1 Å². The third-order valence-corrected chi connectivity index (χ3v) is 4.89. The fraction of sp³-hybridized carbons (Fsp3) is 0.250. The van der Waals surface area contributed by atoms with E-state index in [1.807, 2.05) is 0 Å². The van der Waals surface area contributed by atoms with Crippen LogP contribution in [-0.4, -0.2) is 48.1 Å². The van der Waals surface area contributed by atoms with Crippen LogP contribution >= 0.6 is 12.4 Å². The largest absolute Gasteiger partial charge is 0.380 e. The molecule has 1 saturated heterocycles. The number of anilines is 2. The summed E-state index contributed by atoms with van der Waals surface area (Å²) in [5, 5.41) is 23.6. The van der Waals surface area contributed by atoms with Crippen molar-refractivity contribution in [3.63, 3.8) is 0 Å². The summed E-state index contributed by atoms with van der Waals surface area (Å²) < 4.78 is 18.8. The number of hydrogen-bond acceptors (Lipinski definition) is 5. The summed E-state index contributed by atoms with van der Waals surface area (Å²) in [6, 6.07) is 10.6. The van der Waals surface area contributed by atoms with Gasteiger partial charge in [-0.1, -0.05) is 6.07 Å². The number of halogens is 2. The van der Waals surface area contributed by atoms with E-state index in [2.05, 4.69) is 10.6 Å². The van der Waals surface area contributed by atoms with Crippen LogP contribution in [-0.2, 0) is 20.9 Å². The number of nitrogens with one attached hydrogen (secondary N) is 3. The lowest BCUT2D eigenvalue weighted by atomic mass is 10.1. The van der Waals surface area contributed by atoms with E-state index in [1.165, 1.54) is 23.1 Å². The topological polar surface area (TPSA) is 115 Å². The number of carbonyl (C=O) groups is 2. The van der Waals surface area contributed by atoms with Gasteiger partial charge in [0.25, 0.3) is 11.8 Å². The van der Waals surface area contributed by atoms with Crippen molar-refractivity contribution in [2.24, 2.45) is 0 Å². The molecule has 2 amide bonds. The zero-order valence-corrected chi connectivity index (χ0v) is 16.5. The zero-order chi connectivity index (χ0) is 20.5. The third-order valence-electron chi connectivity index (χ3n) is 4.89. The quantitative estimate of drug-likeness (QED) is 0.581. The highest BCUT2D eigenvalue weighted by Gasteiger charge is 2.39. The van der Waals surface area contributed by atoms with Gasteiger partial charge in [0.15, 0.2) is 12.2 Å². The van der Waals surface area contributed by atoms with Gasteiger partial charge in [0, 0.05) is 30.0 Å². The van der Waals surface area contributed by atoms with Crippen LogP contribution in [0.1, 0.15) is 11.1 Å². The molecule has 2 aliphatic heterocycles. The second kappa shape index (κ2) is 8.78. The van der Waals surface area contributed by atoms with Gasteiger partial charge in [0.2, 0.25) is 0 Å². The first kappa shape index (κ1) is 21.7. The molecule has 2 atom stereocenters. The van der Waals surface area contributed by atoms with Crippen LogP contribution in [0, 0.1) is 11.2 Å². The number of aliphatic hydroxyl groups excluding tert-OH is 1. The highest BCUT2D eigenvalue weighted by atomic mass is 35.5. The molecule has 0 bridgehead atoms. The Labute approximate surface area is 177 Å². The monoisotopic (exact) mass is 434 g/mol. The van der Waals surface area contributed by atoms with Crippen molar-refractivity contribution in [2.45, 2.75) is 18.8 Å². The Morgan fingerprint density at radius 1 is 1.33 bits per heavy atom. The Bertz CT molecular complexity index is 1000. The number of amidine groups is 1. The minimum Gasteiger partial charge on any atom is -0.380 e. The minimum atomic E-state index is -1.73. The van der Waals surface area contributed by atoms with E-state index >= 15 is 0 Å². The first-order chi connectivity index (χ1) is 13.9. The predicted octanol–water partition coefficient (Wildman–Crippen LogP) is 1.41. The van der Waals surface area contributed by atoms with Crippen molar-refractivity contribution >= 4 is 41.4 Å². The van der Waals surface area contributed by atoms with E-state index in [0.29, 0.717) is 23.8 Å². The van der Waals surface area contributed by atoms with Crippen LogP contribution in [0.3, 0.4) is 0 Å². The Balaban J connectivity index is 0.00000256. The van der Waals surface area contributed by atoms with Crippen molar-refractivity contribution in [1.29, 1.82) is 5.41 Å². The second-order valence-corrected chi connectivity index (χ2v) is 6.80. The smallest absolute Gasteiger partial charge is 0.259 e. The normalized spacial score (nSPS) is 18.9. The molecular formula is C20H20ClFN4O4. The Kier molecular flexibility index (Phi) is 6.35. The number of aliphatic hydroxyl groups is 1. The number of benzene rings is 2. The summed E-state index contributed by atoms with van der Waals surface area (Å²) in [5.41, 5.74) is 2.38. The first-order valence-corrected chi connectivity index (χ1v) is 9.07. The van der Waals surface area contributed by atoms with Gasteiger partial charge in [0.05, 0.1) is 6.61 Å². The van der Waals surface area contributed by atoms with Gasteiger partial charge in [-0.15, -0.1) is 12.4 Å². The summed E-state index contributed by atoms with van der Waals surface area (Å²) in [6.07, 6.45) is -3.13. The van der Waals surface area contributed by atoms with E-state index in [-0.39, 0.29) is 25.6 Å². The molecule has 0 saturated carbocycles. The summed E-state index contributed by atoms with van der Waals surface area (Å²) >= 11 is 0. The summed E-state index contributed by atoms with van der Waals surface area (Å²) in [7, 11) is 0. The Morgan fingerprint density at radius 3 is 2.90 bits per heavy atom. The maximum Gasteiger partial charge on any atom is 0.259 e. The lowest BCUT2D eigenvalue weighted by molar-refractivity contribution is -0.150. The van der Waals surface area contributed by atoms with Crippen LogP contribution < -0.4 is 15.5 Å². The third kappa shape index (κ3) is 4.13. The SMILES string of the molecule is Cl.N=C1NCc2cc(NC(=O)[C@H](O)[C@H]3OCCN(c4cccc(F)c4)C3=O)ccc21. The number of ether oxygens (including phenoxy) is 1. The first-order valence-electron chi connectivity index (χ1n) is 9.07. The van der Waals surface area contributed by atoms with Crippen LogP contribution in [0.4, 0.5) is 15.8 Å². The molecule has 2 heterocycles. The van der Waals surface area contributed by atoms with Crippen molar-refractivity contribution in [3.05, 3.63) is 59.4 Å². The van der Waals surface area contributed by atoms with Gasteiger partial charge in [-0.25, -0.2) is 4.39 Å². The van der Waals surface area contributed by atoms with Gasteiger partial charge < -0.3 is 25.4 Å². The number of nitrogens with zero attached hydrogens (tertiary/aromatic N) is 1. The molecule has 2 aromatic carbocycles. The predicted molar refractivity (Wildman–Crippen MR) is 110 cm³/mol. The van der Waals surface area contributed by atoms with Gasteiger partial charge >= 0.3 is 0 Å². The number of hydrogen-bond donors (Lipinski definition) is 4. The average Bonchev–Trinajstić information content (AvgIpc) is 3.08. The van der Waals surface area contributed by atoms with Gasteiger partial charge in [-0.2, -0.15) is 0 Å². The molecule has 4 rings (SSSR count). The lowest BCUT2D eigenvalue weighted by Crippen LogP contribution is -2.55. The minimum absolute atomic E-state index is 0. The summed E-state index contributed by atoms with van der Waals surface area (Å²) in [6.45, 7) is 0.772. The second-order valence-electron chi connectivity index (χ2n) is 6.80. The van der Waals surface area contributed by atoms with Crippen LogP contribution in [0.5, 0.6) is 0 Å². The molecule has 0 spiro atoms. The molecule has 10 heteroatoms.